The van der Waals surface area contributed by atoms with Crippen LogP contribution in [0, 0.1) is 11.7 Å². The van der Waals surface area contributed by atoms with Crippen LogP contribution in [0.2, 0.25) is 0 Å². The minimum absolute atomic E-state index is 0.0733. The van der Waals surface area contributed by atoms with Crippen molar-refractivity contribution in [2.75, 3.05) is 18.9 Å². The number of sulfonamides is 1. The number of ether oxygens (including phenoxy) is 2. The van der Waals surface area contributed by atoms with E-state index in [0.29, 0.717) is 11.3 Å². The van der Waals surface area contributed by atoms with E-state index in [1.165, 1.54) is 52.5 Å². The van der Waals surface area contributed by atoms with Gasteiger partial charge in [-0.25, -0.2) is 22.4 Å². The minimum atomic E-state index is -4.02. The number of thioether (sulfide) groups is 1. The molecule has 1 fully saturated rings. The Kier molecular flexibility index (Phi) is 12.3. The van der Waals surface area contributed by atoms with E-state index in [9.17, 15) is 27.2 Å². The second-order valence-corrected chi connectivity index (χ2v) is 15.7. The molecule has 0 aromatic heterocycles. The summed E-state index contributed by atoms with van der Waals surface area (Å²) in [5.41, 5.74) is 1.60. The first-order valence-corrected chi connectivity index (χ1v) is 18.2. The van der Waals surface area contributed by atoms with E-state index in [0.717, 1.165) is 11.1 Å². The summed E-state index contributed by atoms with van der Waals surface area (Å²) in [5, 5.41) is 4.40. The van der Waals surface area contributed by atoms with Crippen LogP contribution in [0.15, 0.2) is 83.8 Å². The van der Waals surface area contributed by atoms with Crippen LogP contribution in [0.4, 0.5) is 9.18 Å². The van der Waals surface area contributed by atoms with Crippen molar-refractivity contribution < 1.29 is 36.7 Å². The highest BCUT2D eigenvalue weighted by molar-refractivity contribution is 8.02. The van der Waals surface area contributed by atoms with Crippen LogP contribution in [0.5, 0.6) is 0 Å². The zero-order valence-corrected chi connectivity index (χ0v) is 29.3. The van der Waals surface area contributed by atoms with Crippen molar-refractivity contribution in [3.05, 3.63) is 90.2 Å². The van der Waals surface area contributed by atoms with E-state index in [4.69, 9.17) is 9.47 Å². The number of alkyl carbamates (subject to hydrolysis) is 1. The molecule has 0 bridgehead atoms. The lowest BCUT2D eigenvalue weighted by molar-refractivity contribution is -0.147. The first kappa shape index (κ1) is 36.9. The van der Waals surface area contributed by atoms with Crippen molar-refractivity contribution in [1.82, 2.24) is 14.9 Å². The van der Waals surface area contributed by atoms with Gasteiger partial charge in [0.05, 0.1) is 17.5 Å². The molecule has 0 aliphatic carbocycles. The molecule has 3 aromatic carbocycles. The lowest BCUT2D eigenvalue weighted by Crippen LogP contribution is -2.47. The number of carbonyl (C=O) groups is 3. The van der Waals surface area contributed by atoms with E-state index in [1.807, 2.05) is 30.3 Å². The number of halogens is 1. The normalized spacial score (nSPS) is 16.6. The summed E-state index contributed by atoms with van der Waals surface area (Å²) in [7, 11) is -4.02. The summed E-state index contributed by atoms with van der Waals surface area (Å²) in [6.45, 7) is 8.63. The molecule has 2 N–H and O–H groups in total. The van der Waals surface area contributed by atoms with Gasteiger partial charge in [0.25, 0.3) is 0 Å². The molecule has 1 heterocycles. The zero-order valence-electron chi connectivity index (χ0n) is 27.6. The highest BCUT2D eigenvalue weighted by Crippen LogP contribution is 2.32. The highest BCUT2D eigenvalue weighted by Gasteiger charge is 2.41. The number of rotatable bonds is 12. The molecule has 3 atom stereocenters. The lowest BCUT2D eigenvalue weighted by atomic mass is 10.0. The smallest absolute Gasteiger partial charge is 0.408 e. The van der Waals surface area contributed by atoms with Crippen LogP contribution in [0.1, 0.15) is 52.6 Å². The monoisotopic (exact) mass is 699 g/mol. The van der Waals surface area contributed by atoms with Gasteiger partial charge in [-0.3, -0.25) is 4.79 Å². The van der Waals surface area contributed by atoms with E-state index in [1.54, 1.807) is 46.8 Å². The second-order valence-electron chi connectivity index (χ2n) is 12.7. The number of carbonyl (C=O) groups excluding carboxylic acids is 3. The quantitative estimate of drug-likeness (QED) is 0.224. The molecule has 0 spiro atoms. The molecule has 1 unspecified atom stereocenters. The SMILES string of the molecule is CC(C)[C@H](NC(=O)OC(C)(C)C)C(=O)OCCC(NC(=O)[C@@H]1SCCN1S(=O)(=O)c1ccc(-c2ccccc2)cc1)c1ccc(F)cc1. The Balaban J connectivity index is 1.45. The van der Waals surface area contributed by atoms with Gasteiger partial charge in [-0.2, -0.15) is 4.31 Å². The average molecular weight is 700 g/mol. The molecular formula is C35H42FN3O7S2. The molecule has 0 saturated carbocycles. The van der Waals surface area contributed by atoms with E-state index in [-0.39, 0.29) is 30.4 Å². The fourth-order valence-electron chi connectivity index (χ4n) is 5.05. The Morgan fingerprint density at radius 2 is 1.56 bits per heavy atom. The molecule has 1 aliphatic rings. The summed E-state index contributed by atoms with van der Waals surface area (Å²) >= 11 is 1.20. The van der Waals surface area contributed by atoms with Gasteiger partial charge < -0.3 is 20.1 Å². The molecule has 2 amide bonds. The minimum Gasteiger partial charge on any atom is -0.464 e. The number of nitrogens with one attached hydrogen (secondary N) is 2. The van der Waals surface area contributed by atoms with Crippen molar-refractivity contribution in [2.45, 2.75) is 69.0 Å². The predicted octanol–water partition coefficient (Wildman–Crippen LogP) is 5.90. The third-order valence-corrected chi connectivity index (χ3v) is 10.7. The third-order valence-electron chi connectivity index (χ3n) is 7.47. The van der Waals surface area contributed by atoms with Gasteiger partial charge in [-0.1, -0.05) is 68.4 Å². The standard InChI is InChI=1S/C35H42FN3O7S2/c1-23(2)30(38-34(42)46-35(3,4)5)33(41)45-21-19-29(26-11-15-27(36)16-12-26)37-31(40)32-39(20-22-47-32)48(43,44)28-17-13-25(14-18-28)24-9-7-6-8-10-24/h6-18,23,29-30,32H,19-22H2,1-5H3,(H,37,40)(H,38,42)/t29?,30-,32-/m0/s1. The summed E-state index contributed by atoms with van der Waals surface area (Å²) in [5.74, 6) is -1.58. The van der Waals surface area contributed by atoms with Gasteiger partial charge in [-0.15, -0.1) is 11.8 Å². The van der Waals surface area contributed by atoms with E-state index >= 15 is 0 Å². The molecule has 1 saturated heterocycles. The van der Waals surface area contributed by atoms with Gasteiger partial charge in [0.1, 0.15) is 22.8 Å². The van der Waals surface area contributed by atoms with Gasteiger partial charge >= 0.3 is 12.1 Å². The Hall–Kier alpha value is -3.94. The van der Waals surface area contributed by atoms with Gasteiger partial charge in [0.15, 0.2) is 0 Å². The first-order chi connectivity index (χ1) is 22.7. The fourth-order valence-corrected chi connectivity index (χ4v) is 8.14. The van der Waals surface area contributed by atoms with Crippen molar-refractivity contribution in [3.63, 3.8) is 0 Å². The molecule has 4 rings (SSSR count). The van der Waals surface area contributed by atoms with Crippen molar-refractivity contribution in [2.24, 2.45) is 5.92 Å². The third kappa shape index (κ3) is 9.80. The number of hydrogen-bond donors (Lipinski definition) is 2. The topological polar surface area (TPSA) is 131 Å². The summed E-state index contributed by atoms with van der Waals surface area (Å²) < 4.78 is 53.1. The Morgan fingerprint density at radius 3 is 2.17 bits per heavy atom. The second kappa shape index (κ2) is 16.0. The average Bonchev–Trinajstić information content (AvgIpc) is 3.55. The molecule has 0 radical (unpaired) electrons. The van der Waals surface area contributed by atoms with Gasteiger partial charge in [-0.05, 0) is 67.6 Å². The maximum atomic E-state index is 13.8. The molecule has 258 valence electrons. The van der Waals surface area contributed by atoms with Crippen LogP contribution < -0.4 is 10.6 Å². The van der Waals surface area contributed by atoms with Crippen LogP contribution in [-0.2, 0) is 29.1 Å². The summed E-state index contributed by atoms with van der Waals surface area (Å²) in [6, 6.07) is 19.9. The summed E-state index contributed by atoms with van der Waals surface area (Å²) in [6.07, 6.45) is -0.652. The molecule has 13 heteroatoms. The zero-order chi connectivity index (χ0) is 35.1. The van der Waals surface area contributed by atoms with Crippen molar-refractivity contribution >= 4 is 39.8 Å². The van der Waals surface area contributed by atoms with Crippen LogP contribution in [-0.4, -0.2) is 66.6 Å². The van der Waals surface area contributed by atoms with Crippen molar-refractivity contribution in [1.29, 1.82) is 0 Å². The molecular weight excluding hydrogens is 658 g/mol. The summed E-state index contributed by atoms with van der Waals surface area (Å²) in [4.78, 5) is 39.0. The molecule has 1 aliphatic heterocycles. The van der Waals surface area contributed by atoms with Gasteiger partial charge in [0, 0.05) is 18.7 Å². The predicted molar refractivity (Wildman–Crippen MR) is 183 cm³/mol. The maximum Gasteiger partial charge on any atom is 0.408 e. The number of nitrogens with zero attached hydrogens (tertiary/aromatic N) is 1. The number of hydrogen-bond acceptors (Lipinski definition) is 8. The molecule has 10 nitrogen and oxygen atoms in total. The largest absolute Gasteiger partial charge is 0.464 e. The maximum absolute atomic E-state index is 13.8. The van der Waals surface area contributed by atoms with Crippen LogP contribution in [0.3, 0.4) is 0 Å². The van der Waals surface area contributed by atoms with Crippen molar-refractivity contribution in [3.8, 4) is 11.1 Å². The Labute approximate surface area is 285 Å². The van der Waals surface area contributed by atoms with E-state index in [2.05, 4.69) is 10.6 Å². The Morgan fingerprint density at radius 1 is 0.938 bits per heavy atom. The van der Waals surface area contributed by atoms with Crippen LogP contribution >= 0.6 is 11.8 Å². The number of amides is 2. The number of benzene rings is 3. The first-order valence-electron chi connectivity index (χ1n) is 15.7. The van der Waals surface area contributed by atoms with Crippen LogP contribution in [0.25, 0.3) is 11.1 Å². The number of esters is 1. The fraction of sp³-hybridized carbons (Fsp3) is 0.400. The molecule has 3 aromatic rings. The lowest BCUT2D eigenvalue weighted by Gasteiger charge is -2.26. The van der Waals surface area contributed by atoms with Gasteiger partial charge in [0.2, 0.25) is 15.9 Å². The molecule has 48 heavy (non-hydrogen) atoms. The Bertz CT molecular complexity index is 1660. The van der Waals surface area contributed by atoms with E-state index < -0.39 is 56.9 Å². The highest BCUT2D eigenvalue weighted by atomic mass is 32.2.